The molecule has 1 amide bonds. The molecule has 1 N–H and O–H groups in total. The molecule has 0 atom stereocenters. The number of rotatable bonds is 11. The van der Waals surface area contributed by atoms with Gasteiger partial charge in [-0.3, -0.25) is 4.79 Å². The highest BCUT2D eigenvalue weighted by atomic mass is 16.5. The minimum absolute atomic E-state index is 0.143. The molecule has 0 unspecified atom stereocenters. The molecule has 1 saturated heterocycles. The van der Waals surface area contributed by atoms with Gasteiger partial charge in [0.15, 0.2) is 5.82 Å². The van der Waals surface area contributed by atoms with Gasteiger partial charge in [-0.25, -0.2) is 14.6 Å². The van der Waals surface area contributed by atoms with Crippen LogP contribution in [0.2, 0.25) is 0 Å². The van der Waals surface area contributed by atoms with Gasteiger partial charge >= 0.3 is 0 Å². The van der Waals surface area contributed by atoms with Crippen molar-refractivity contribution in [2.45, 2.75) is 12.8 Å². The zero-order valence-corrected chi connectivity index (χ0v) is 22.8. The SMILES string of the molecule is COCCOc1cc(OC)cc(C(=O)NCC2CCN(c3ccnc(-c4cccc(-n5cccn5)c4)n3)CC2)c1. The number of hydrogen-bond donors (Lipinski definition) is 1. The van der Waals surface area contributed by atoms with Crippen molar-refractivity contribution in [3.8, 4) is 28.6 Å². The van der Waals surface area contributed by atoms with Gasteiger partial charge in [0.05, 0.1) is 19.4 Å². The fourth-order valence-electron chi connectivity index (χ4n) is 4.73. The molecule has 208 valence electrons. The van der Waals surface area contributed by atoms with E-state index in [1.165, 1.54) is 0 Å². The Balaban J connectivity index is 1.16. The summed E-state index contributed by atoms with van der Waals surface area (Å²) in [5.41, 5.74) is 2.41. The van der Waals surface area contributed by atoms with Crippen LogP contribution in [0.4, 0.5) is 5.82 Å². The maximum Gasteiger partial charge on any atom is 0.251 e. The van der Waals surface area contributed by atoms with E-state index in [9.17, 15) is 4.79 Å². The van der Waals surface area contributed by atoms with Gasteiger partial charge in [0.2, 0.25) is 0 Å². The third-order valence-electron chi connectivity index (χ3n) is 6.94. The molecule has 0 radical (unpaired) electrons. The molecule has 3 heterocycles. The summed E-state index contributed by atoms with van der Waals surface area (Å²) in [6.07, 6.45) is 7.39. The zero-order valence-electron chi connectivity index (χ0n) is 22.8. The van der Waals surface area contributed by atoms with Crippen LogP contribution in [0.3, 0.4) is 0 Å². The fraction of sp³-hybridized carbons (Fsp3) is 0.333. The first kappa shape index (κ1) is 27.1. The second-order valence-electron chi connectivity index (χ2n) is 9.62. The summed E-state index contributed by atoms with van der Waals surface area (Å²) in [4.78, 5) is 24.6. The molecule has 5 rings (SSSR count). The lowest BCUT2D eigenvalue weighted by Gasteiger charge is -2.33. The summed E-state index contributed by atoms with van der Waals surface area (Å²) in [5.74, 6) is 2.99. The number of piperidine rings is 1. The first-order valence-corrected chi connectivity index (χ1v) is 13.4. The van der Waals surface area contributed by atoms with Gasteiger partial charge in [-0.2, -0.15) is 5.10 Å². The summed E-state index contributed by atoms with van der Waals surface area (Å²) >= 11 is 0. The fourth-order valence-corrected chi connectivity index (χ4v) is 4.73. The Kier molecular flexibility index (Phi) is 8.87. The Morgan fingerprint density at radius 3 is 2.62 bits per heavy atom. The molecule has 2 aromatic heterocycles. The molecule has 0 spiro atoms. The molecular formula is C30H34N6O4. The Morgan fingerprint density at radius 2 is 1.85 bits per heavy atom. The molecule has 1 aliphatic rings. The molecular weight excluding hydrogens is 508 g/mol. The Morgan fingerprint density at radius 1 is 1.00 bits per heavy atom. The molecule has 1 fully saturated rings. The van der Waals surface area contributed by atoms with E-state index in [-0.39, 0.29) is 5.91 Å². The summed E-state index contributed by atoms with van der Waals surface area (Å²) in [7, 11) is 3.19. The maximum atomic E-state index is 12.9. The minimum Gasteiger partial charge on any atom is -0.497 e. The highest BCUT2D eigenvalue weighted by molar-refractivity contribution is 5.95. The molecule has 10 nitrogen and oxygen atoms in total. The topological polar surface area (TPSA) is 104 Å². The number of carbonyl (C=O) groups is 1. The minimum atomic E-state index is -0.143. The largest absolute Gasteiger partial charge is 0.497 e. The number of benzene rings is 2. The molecule has 0 aliphatic carbocycles. The summed E-state index contributed by atoms with van der Waals surface area (Å²) in [6.45, 7) is 3.20. The van der Waals surface area contributed by atoms with Crippen molar-refractivity contribution in [2.24, 2.45) is 5.92 Å². The highest BCUT2D eigenvalue weighted by Crippen LogP contribution is 2.26. The predicted octanol–water partition coefficient (Wildman–Crippen LogP) is 4.01. The number of anilines is 1. The van der Waals surface area contributed by atoms with Gasteiger partial charge in [0, 0.05) is 62.5 Å². The van der Waals surface area contributed by atoms with E-state index in [1.807, 2.05) is 53.5 Å². The van der Waals surface area contributed by atoms with Gasteiger partial charge in [-0.15, -0.1) is 0 Å². The van der Waals surface area contributed by atoms with Crippen LogP contribution in [0.25, 0.3) is 17.1 Å². The van der Waals surface area contributed by atoms with Crippen molar-refractivity contribution in [3.63, 3.8) is 0 Å². The smallest absolute Gasteiger partial charge is 0.251 e. The molecule has 40 heavy (non-hydrogen) atoms. The van der Waals surface area contributed by atoms with Gasteiger partial charge in [-0.05, 0) is 55.2 Å². The lowest BCUT2D eigenvalue weighted by atomic mass is 9.96. The van der Waals surface area contributed by atoms with E-state index in [0.29, 0.717) is 48.6 Å². The summed E-state index contributed by atoms with van der Waals surface area (Å²) < 4.78 is 17.9. The van der Waals surface area contributed by atoms with Crippen LogP contribution in [-0.4, -0.2) is 72.7 Å². The molecule has 0 saturated carbocycles. The van der Waals surface area contributed by atoms with Crippen LogP contribution in [-0.2, 0) is 4.74 Å². The van der Waals surface area contributed by atoms with Crippen molar-refractivity contribution in [3.05, 3.63) is 78.8 Å². The van der Waals surface area contributed by atoms with Crippen molar-refractivity contribution in [1.82, 2.24) is 25.1 Å². The zero-order chi connectivity index (χ0) is 27.7. The van der Waals surface area contributed by atoms with Gasteiger partial charge < -0.3 is 24.4 Å². The number of hydrogen-bond acceptors (Lipinski definition) is 8. The second-order valence-corrected chi connectivity index (χ2v) is 9.62. The number of carbonyl (C=O) groups excluding carboxylic acids is 1. The predicted molar refractivity (Wildman–Crippen MR) is 152 cm³/mol. The van der Waals surface area contributed by atoms with Gasteiger partial charge in [-0.1, -0.05) is 12.1 Å². The number of methoxy groups -OCH3 is 2. The van der Waals surface area contributed by atoms with Gasteiger partial charge in [0.1, 0.15) is 23.9 Å². The van der Waals surface area contributed by atoms with Crippen molar-refractivity contribution >= 4 is 11.7 Å². The normalized spacial score (nSPS) is 13.7. The van der Waals surface area contributed by atoms with E-state index >= 15 is 0 Å². The lowest BCUT2D eigenvalue weighted by molar-refractivity contribution is 0.0943. The van der Waals surface area contributed by atoms with Crippen molar-refractivity contribution in [1.29, 1.82) is 0 Å². The molecule has 1 aliphatic heterocycles. The van der Waals surface area contributed by atoms with E-state index in [0.717, 1.165) is 43.0 Å². The second kappa shape index (κ2) is 13.1. The number of aromatic nitrogens is 4. The Bertz CT molecular complexity index is 1400. The third kappa shape index (κ3) is 6.76. The molecule has 10 heteroatoms. The van der Waals surface area contributed by atoms with Gasteiger partial charge in [0.25, 0.3) is 5.91 Å². The van der Waals surface area contributed by atoms with E-state index in [1.54, 1.807) is 38.6 Å². The van der Waals surface area contributed by atoms with Crippen molar-refractivity contribution < 1.29 is 19.0 Å². The van der Waals surface area contributed by atoms with Crippen LogP contribution in [0.5, 0.6) is 11.5 Å². The lowest BCUT2D eigenvalue weighted by Crippen LogP contribution is -2.39. The third-order valence-corrected chi connectivity index (χ3v) is 6.94. The van der Waals surface area contributed by atoms with Crippen LogP contribution < -0.4 is 19.7 Å². The number of ether oxygens (including phenoxy) is 3. The average Bonchev–Trinajstić information content (AvgIpc) is 3.56. The van der Waals surface area contributed by atoms with E-state index in [2.05, 4.69) is 20.3 Å². The Labute approximate surface area is 233 Å². The van der Waals surface area contributed by atoms with Crippen LogP contribution in [0.1, 0.15) is 23.2 Å². The summed E-state index contributed by atoms with van der Waals surface area (Å²) in [5, 5.41) is 7.40. The molecule has 4 aromatic rings. The molecule has 2 aromatic carbocycles. The first-order chi connectivity index (χ1) is 19.6. The number of amides is 1. The van der Waals surface area contributed by atoms with Crippen molar-refractivity contribution in [2.75, 3.05) is 52.0 Å². The maximum absolute atomic E-state index is 12.9. The monoisotopic (exact) mass is 542 g/mol. The standard InChI is InChI=1S/C30H34N6O4/c1-38-15-16-40-27-19-24(18-26(20-27)39-2)30(37)32-21-22-8-13-35(14-9-22)28-7-11-31-29(34-28)23-5-3-6-25(17-23)36-12-4-10-33-36/h3-7,10-12,17-20,22H,8-9,13-16,21H2,1-2H3,(H,32,37). The van der Waals surface area contributed by atoms with E-state index < -0.39 is 0 Å². The molecule has 0 bridgehead atoms. The Hall–Kier alpha value is -4.44. The quantitative estimate of drug-likeness (QED) is 0.284. The summed E-state index contributed by atoms with van der Waals surface area (Å²) in [6, 6.07) is 17.1. The highest BCUT2D eigenvalue weighted by Gasteiger charge is 2.22. The number of nitrogens with zero attached hydrogens (tertiary/aromatic N) is 5. The number of nitrogens with one attached hydrogen (secondary N) is 1. The first-order valence-electron chi connectivity index (χ1n) is 13.4. The van der Waals surface area contributed by atoms with Crippen LogP contribution in [0, 0.1) is 5.92 Å². The van der Waals surface area contributed by atoms with Crippen LogP contribution in [0.15, 0.2) is 73.2 Å². The van der Waals surface area contributed by atoms with Crippen LogP contribution >= 0.6 is 0 Å². The van der Waals surface area contributed by atoms with E-state index in [4.69, 9.17) is 19.2 Å². The average molecular weight is 543 g/mol.